The zero-order valence-corrected chi connectivity index (χ0v) is 14.7. The molecule has 3 aromatic rings. The monoisotopic (exact) mass is 377 g/mol. The molecule has 0 aliphatic carbocycles. The molecule has 2 aromatic carbocycles. The topological polar surface area (TPSA) is 48.4 Å². The molecule has 128 valence electrons. The number of hydrogen-bond donors (Lipinski definition) is 0. The number of carbonyl (C=O) groups is 1. The second kappa shape index (κ2) is 7.63. The maximum Gasteiger partial charge on any atom is 0.358 e. The van der Waals surface area contributed by atoms with Gasteiger partial charge in [0.15, 0.2) is 5.69 Å². The molecule has 0 spiro atoms. The number of ether oxygens (including phenoxy) is 2. The average Bonchev–Trinajstić information content (AvgIpc) is 3.11. The Hall–Kier alpha value is -2.44. The largest absolute Gasteiger partial charge is 0.497 e. The molecule has 0 amide bonds. The number of rotatable bonds is 5. The highest BCUT2D eigenvalue weighted by Crippen LogP contribution is 2.26. The van der Waals surface area contributed by atoms with Gasteiger partial charge in [0, 0.05) is 16.5 Å². The summed E-state index contributed by atoms with van der Waals surface area (Å²) >= 11 is 7.26. The molecular formula is C18H13ClFNO3S. The Morgan fingerprint density at radius 3 is 2.68 bits per heavy atom. The second-order valence-corrected chi connectivity index (χ2v) is 6.34. The van der Waals surface area contributed by atoms with Crippen molar-refractivity contribution in [2.75, 3.05) is 7.11 Å². The number of thiazole rings is 1. The third kappa shape index (κ3) is 4.15. The van der Waals surface area contributed by atoms with E-state index in [0.717, 1.165) is 11.3 Å². The SMILES string of the molecule is COc1ccc(-c2nc(C(=O)OCc3ccc(F)cc3Cl)cs2)cc1. The van der Waals surface area contributed by atoms with Gasteiger partial charge in [0.25, 0.3) is 0 Å². The number of nitrogens with zero attached hydrogens (tertiary/aromatic N) is 1. The quantitative estimate of drug-likeness (QED) is 0.589. The fourth-order valence-corrected chi connectivity index (χ4v) is 3.11. The van der Waals surface area contributed by atoms with Crippen LogP contribution in [0.5, 0.6) is 5.75 Å². The molecule has 0 N–H and O–H groups in total. The molecular weight excluding hydrogens is 365 g/mol. The van der Waals surface area contributed by atoms with E-state index in [0.29, 0.717) is 10.6 Å². The zero-order chi connectivity index (χ0) is 17.8. The van der Waals surface area contributed by atoms with Crippen molar-refractivity contribution in [2.45, 2.75) is 6.61 Å². The van der Waals surface area contributed by atoms with Gasteiger partial charge in [0.1, 0.15) is 23.2 Å². The zero-order valence-electron chi connectivity index (χ0n) is 13.2. The summed E-state index contributed by atoms with van der Waals surface area (Å²) in [5.74, 6) is -0.253. The van der Waals surface area contributed by atoms with Gasteiger partial charge >= 0.3 is 5.97 Å². The Labute approximate surface area is 152 Å². The molecule has 7 heteroatoms. The average molecular weight is 378 g/mol. The van der Waals surface area contributed by atoms with Gasteiger partial charge in [0.05, 0.1) is 12.1 Å². The molecule has 0 aliphatic heterocycles. The minimum absolute atomic E-state index is 0.0483. The van der Waals surface area contributed by atoms with E-state index in [2.05, 4.69) is 4.98 Å². The lowest BCUT2D eigenvalue weighted by Gasteiger charge is -2.05. The third-order valence-electron chi connectivity index (χ3n) is 3.42. The summed E-state index contributed by atoms with van der Waals surface area (Å²) in [5.41, 5.74) is 1.63. The lowest BCUT2D eigenvalue weighted by molar-refractivity contribution is 0.0467. The molecule has 3 rings (SSSR count). The predicted molar refractivity (Wildman–Crippen MR) is 94.6 cm³/mol. The molecule has 4 nitrogen and oxygen atoms in total. The molecule has 0 radical (unpaired) electrons. The third-order valence-corrected chi connectivity index (χ3v) is 4.67. The van der Waals surface area contributed by atoms with Gasteiger partial charge in [-0.15, -0.1) is 11.3 Å². The summed E-state index contributed by atoms with van der Waals surface area (Å²) in [6, 6.07) is 11.3. The molecule has 0 saturated heterocycles. The van der Waals surface area contributed by atoms with Crippen LogP contribution in [0, 0.1) is 5.82 Å². The van der Waals surface area contributed by atoms with E-state index < -0.39 is 11.8 Å². The lowest BCUT2D eigenvalue weighted by atomic mass is 10.2. The van der Waals surface area contributed by atoms with Crippen LogP contribution >= 0.6 is 22.9 Å². The summed E-state index contributed by atoms with van der Waals surface area (Å²) in [4.78, 5) is 16.4. The lowest BCUT2D eigenvalue weighted by Crippen LogP contribution is -2.06. The van der Waals surface area contributed by atoms with Gasteiger partial charge in [-0.2, -0.15) is 0 Å². The Bertz CT molecular complexity index is 896. The first kappa shape index (κ1) is 17.4. The first-order valence-corrected chi connectivity index (χ1v) is 8.53. The van der Waals surface area contributed by atoms with Crippen molar-refractivity contribution in [2.24, 2.45) is 0 Å². The fraction of sp³-hybridized carbons (Fsp3) is 0.111. The Balaban J connectivity index is 1.67. The van der Waals surface area contributed by atoms with Crippen molar-refractivity contribution in [3.8, 4) is 16.3 Å². The Kier molecular flexibility index (Phi) is 5.31. The number of halogens is 2. The molecule has 25 heavy (non-hydrogen) atoms. The highest BCUT2D eigenvalue weighted by atomic mass is 35.5. The van der Waals surface area contributed by atoms with Gasteiger partial charge in [0.2, 0.25) is 0 Å². The van der Waals surface area contributed by atoms with Crippen LogP contribution in [0.25, 0.3) is 10.6 Å². The van der Waals surface area contributed by atoms with Crippen LogP contribution in [0.4, 0.5) is 4.39 Å². The van der Waals surface area contributed by atoms with Crippen molar-refractivity contribution >= 4 is 28.9 Å². The highest BCUT2D eigenvalue weighted by molar-refractivity contribution is 7.13. The first-order chi connectivity index (χ1) is 12.1. The molecule has 0 unspecified atom stereocenters. The van der Waals surface area contributed by atoms with Gasteiger partial charge in [-0.3, -0.25) is 0 Å². The summed E-state index contributed by atoms with van der Waals surface area (Å²) < 4.78 is 23.3. The molecule has 0 atom stereocenters. The minimum atomic E-state index is -0.559. The highest BCUT2D eigenvalue weighted by Gasteiger charge is 2.14. The molecule has 0 saturated carbocycles. The van der Waals surface area contributed by atoms with E-state index in [1.807, 2.05) is 24.3 Å². The van der Waals surface area contributed by atoms with E-state index in [9.17, 15) is 9.18 Å². The van der Waals surface area contributed by atoms with Crippen LogP contribution in [0.2, 0.25) is 5.02 Å². The molecule has 0 bridgehead atoms. The van der Waals surface area contributed by atoms with Crippen LogP contribution < -0.4 is 4.74 Å². The molecule has 1 aromatic heterocycles. The van der Waals surface area contributed by atoms with E-state index >= 15 is 0 Å². The predicted octanol–water partition coefficient (Wildman–Crippen LogP) is 4.97. The molecule has 1 heterocycles. The minimum Gasteiger partial charge on any atom is -0.497 e. The van der Waals surface area contributed by atoms with Crippen LogP contribution in [-0.4, -0.2) is 18.1 Å². The van der Waals surface area contributed by atoms with Gasteiger partial charge in [-0.1, -0.05) is 17.7 Å². The smallest absolute Gasteiger partial charge is 0.358 e. The van der Waals surface area contributed by atoms with E-state index in [1.165, 1.54) is 29.5 Å². The van der Waals surface area contributed by atoms with Crippen molar-refractivity contribution < 1.29 is 18.7 Å². The van der Waals surface area contributed by atoms with Crippen LogP contribution in [0.15, 0.2) is 47.8 Å². The number of esters is 1. The van der Waals surface area contributed by atoms with Crippen molar-refractivity contribution in [1.82, 2.24) is 4.98 Å². The summed E-state index contributed by atoms with van der Waals surface area (Å²) in [6.45, 7) is -0.0483. The van der Waals surface area contributed by atoms with Crippen LogP contribution in [-0.2, 0) is 11.3 Å². The van der Waals surface area contributed by atoms with Crippen molar-refractivity contribution in [1.29, 1.82) is 0 Å². The van der Waals surface area contributed by atoms with E-state index in [1.54, 1.807) is 12.5 Å². The van der Waals surface area contributed by atoms with Crippen LogP contribution in [0.1, 0.15) is 16.1 Å². The van der Waals surface area contributed by atoms with Crippen LogP contribution in [0.3, 0.4) is 0 Å². The molecule has 0 aliphatic rings. The number of hydrogen-bond acceptors (Lipinski definition) is 5. The molecule has 0 fully saturated rings. The Morgan fingerprint density at radius 1 is 1.24 bits per heavy atom. The summed E-state index contributed by atoms with van der Waals surface area (Å²) in [6.07, 6.45) is 0. The normalized spacial score (nSPS) is 10.5. The number of carbonyl (C=O) groups excluding carboxylic acids is 1. The summed E-state index contributed by atoms with van der Waals surface area (Å²) in [5, 5.41) is 2.55. The maximum absolute atomic E-state index is 13.0. The number of aromatic nitrogens is 1. The van der Waals surface area contributed by atoms with Gasteiger partial charge in [-0.05, 0) is 36.4 Å². The van der Waals surface area contributed by atoms with E-state index in [4.69, 9.17) is 21.1 Å². The number of benzene rings is 2. The van der Waals surface area contributed by atoms with Gasteiger partial charge in [-0.25, -0.2) is 14.2 Å². The van der Waals surface area contributed by atoms with Crippen molar-refractivity contribution in [3.63, 3.8) is 0 Å². The number of methoxy groups -OCH3 is 1. The Morgan fingerprint density at radius 2 is 2.00 bits per heavy atom. The fourth-order valence-electron chi connectivity index (χ4n) is 2.09. The van der Waals surface area contributed by atoms with E-state index in [-0.39, 0.29) is 17.3 Å². The van der Waals surface area contributed by atoms with Gasteiger partial charge < -0.3 is 9.47 Å². The first-order valence-electron chi connectivity index (χ1n) is 7.28. The van der Waals surface area contributed by atoms with Crippen molar-refractivity contribution in [3.05, 3.63) is 69.9 Å². The second-order valence-electron chi connectivity index (χ2n) is 5.08. The maximum atomic E-state index is 13.0. The standard InChI is InChI=1S/C18H13ClFNO3S/c1-23-14-6-3-11(4-7-14)17-21-16(10-25-17)18(22)24-9-12-2-5-13(20)8-15(12)19/h2-8,10H,9H2,1H3. The summed E-state index contributed by atoms with van der Waals surface area (Å²) in [7, 11) is 1.60.